The number of para-hydroxylation sites is 1. The molecule has 0 fully saturated rings. The number of hydrogen-bond donors (Lipinski definition) is 2. The van der Waals surface area contributed by atoms with E-state index in [-0.39, 0.29) is 29.6 Å². The van der Waals surface area contributed by atoms with Crippen molar-refractivity contribution in [2.45, 2.75) is 24.6 Å². The fraction of sp³-hybridized carbons (Fsp3) is 0.300. The average molecular weight is 384 g/mol. The molecule has 0 aromatic heterocycles. The molecule has 7 heteroatoms. The Morgan fingerprint density at radius 3 is 2.96 bits per heavy atom. The molecule has 4 rings (SSSR count). The van der Waals surface area contributed by atoms with Crippen LogP contribution in [-0.2, 0) is 22.6 Å². The summed E-state index contributed by atoms with van der Waals surface area (Å²) >= 11 is 1.38. The molecular weight excluding hydrogens is 364 g/mol. The van der Waals surface area contributed by atoms with Gasteiger partial charge in [0.15, 0.2) is 11.5 Å². The lowest BCUT2D eigenvalue weighted by Gasteiger charge is -2.13. The van der Waals surface area contributed by atoms with E-state index in [0.717, 1.165) is 35.4 Å². The zero-order valence-corrected chi connectivity index (χ0v) is 15.5. The van der Waals surface area contributed by atoms with Gasteiger partial charge in [-0.25, -0.2) is 0 Å². The number of ether oxygens (including phenoxy) is 2. The molecule has 2 heterocycles. The Morgan fingerprint density at radius 1 is 1.19 bits per heavy atom. The highest BCUT2D eigenvalue weighted by molar-refractivity contribution is 8.01. The fourth-order valence-corrected chi connectivity index (χ4v) is 4.08. The van der Waals surface area contributed by atoms with Crippen LogP contribution in [0.1, 0.15) is 17.5 Å². The molecule has 0 unspecified atom stereocenters. The molecule has 0 saturated heterocycles. The SMILES string of the molecule is O=C(CS[C@H]1CCc2ccccc2NC1=O)NCc1ccc2c(c1)OCO2. The van der Waals surface area contributed by atoms with Crippen molar-refractivity contribution in [3.8, 4) is 11.5 Å². The third kappa shape index (κ3) is 4.19. The molecule has 2 aromatic rings. The van der Waals surface area contributed by atoms with Crippen molar-refractivity contribution in [3.05, 3.63) is 53.6 Å². The third-order valence-electron chi connectivity index (χ3n) is 4.59. The van der Waals surface area contributed by atoms with Gasteiger partial charge in [-0.1, -0.05) is 24.3 Å². The molecule has 0 bridgehead atoms. The second-order valence-electron chi connectivity index (χ2n) is 6.45. The van der Waals surface area contributed by atoms with Crippen molar-refractivity contribution in [2.75, 3.05) is 17.9 Å². The summed E-state index contributed by atoms with van der Waals surface area (Å²) in [6, 6.07) is 13.4. The third-order valence-corrected chi connectivity index (χ3v) is 5.87. The number of nitrogens with one attached hydrogen (secondary N) is 2. The first-order valence-corrected chi connectivity index (χ1v) is 9.89. The number of hydrogen-bond acceptors (Lipinski definition) is 5. The van der Waals surface area contributed by atoms with E-state index < -0.39 is 0 Å². The number of benzene rings is 2. The van der Waals surface area contributed by atoms with Gasteiger partial charge in [0.2, 0.25) is 18.6 Å². The van der Waals surface area contributed by atoms with E-state index in [1.54, 1.807) is 0 Å². The van der Waals surface area contributed by atoms with Crippen LogP contribution in [0.4, 0.5) is 5.69 Å². The number of anilines is 1. The summed E-state index contributed by atoms with van der Waals surface area (Å²) in [6.45, 7) is 0.646. The van der Waals surface area contributed by atoms with Crippen LogP contribution in [0.2, 0.25) is 0 Å². The van der Waals surface area contributed by atoms with Gasteiger partial charge < -0.3 is 20.1 Å². The van der Waals surface area contributed by atoms with E-state index in [2.05, 4.69) is 10.6 Å². The quantitative estimate of drug-likeness (QED) is 0.829. The zero-order valence-electron chi connectivity index (χ0n) is 14.7. The van der Waals surface area contributed by atoms with Gasteiger partial charge in [0.25, 0.3) is 0 Å². The Morgan fingerprint density at radius 2 is 2.04 bits per heavy atom. The van der Waals surface area contributed by atoms with E-state index in [0.29, 0.717) is 12.3 Å². The molecule has 0 spiro atoms. The Labute approximate surface area is 161 Å². The summed E-state index contributed by atoms with van der Waals surface area (Å²) in [5, 5.41) is 5.62. The lowest BCUT2D eigenvalue weighted by molar-refractivity contribution is -0.118. The molecule has 2 aliphatic rings. The first kappa shape index (κ1) is 17.7. The maximum absolute atomic E-state index is 12.4. The topological polar surface area (TPSA) is 76.7 Å². The average Bonchev–Trinajstić information content (AvgIpc) is 3.08. The Hall–Kier alpha value is -2.67. The van der Waals surface area contributed by atoms with Crippen LogP contribution in [0, 0.1) is 0 Å². The minimum absolute atomic E-state index is 0.0338. The van der Waals surface area contributed by atoms with Gasteiger partial charge >= 0.3 is 0 Å². The van der Waals surface area contributed by atoms with Gasteiger partial charge in [-0.2, -0.15) is 0 Å². The van der Waals surface area contributed by atoms with Gasteiger partial charge in [0.05, 0.1) is 11.0 Å². The second-order valence-corrected chi connectivity index (χ2v) is 7.64. The standard InChI is InChI=1S/C20H20N2O4S/c23-19(21-10-13-5-7-16-17(9-13)26-12-25-16)11-27-18-8-6-14-3-1-2-4-15(14)22-20(18)24/h1-5,7,9,18H,6,8,10-12H2,(H,21,23)(H,22,24)/t18-/m0/s1. The number of carbonyl (C=O) groups excluding carboxylic acids is 2. The predicted molar refractivity (Wildman–Crippen MR) is 104 cm³/mol. The molecule has 2 aromatic carbocycles. The van der Waals surface area contributed by atoms with Crippen LogP contribution in [-0.4, -0.2) is 29.6 Å². The maximum Gasteiger partial charge on any atom is 0.237 e. The van der Waals surface area contributed by atoms with Crippen LogP contribution >= 0.6 is 11.8 Å². The molecule has 6 nitrogen and oxygen atoms in total. The van der Waals surface area contributed by atoms with Crippen molar-refractivity contribution >= 4 is 29.3 Å². The number of thioether (sulfide) groups is 1. The van der Waals surface area contributed by atoms with Crippen LogP contribution < -0.4 is 20.1 Å². The van der Waals surface area contributed by atoms with Gasteiger partial charge in [-0.15, -0.1) is 11.8 Å². The second kappa shape index (κ2) is 7.92. The van der Waals surface area contributed by atoms with Gasteiger partial charge in [0.1, 0.15) is 0 Å². The number of aryl methyl sites for hydroxylation is 1. The molecule has 0 saturated carbocycles. The normalized spacial score (nSPS) is 17.6. The maximum atomic E-state index is 12.4. The predicted octanol–water partition coefficient (Wildman–Crippen LogP) is 2.72. The Kier molecular flexibility index (Phi) is 5.20. The van der Waals surface area contributed by atoms with Crippen molar-refractivity contribution in [2.24, 2.45) is 0 Å². The van der Waals surface area contributed by atoms with Crippen molar-refractivity contribution in [1.82, 2.24) is 5.32 Å². The van der Waals surface area contributed by atoms with Crippen LogP contribution in [0.25, 0.3) is 0 Å². The molecule has 0 radical (unpaired) electrons. The van der Waals surface area contributed by atoms with Gasteiger partial charge in [0, 0.05) is 12.2 Å². The highest BCUT2D eigenvalue weighted by Crippen LogP contribution is 2.32. The van der Waals surface area contributed by atoms with Gasteiger partial charge in [-0.3, -0.25) is 9.59 Å². The molecule has 140 valence electrons. The van der Waals surface area contributed by atoms with Gasteiger partial charge in [-0.05, 0) is 42.2 Å². The minimum Gasteiger partial charge on any atom is -0.454 e. The summed E-state index contributed by atoms with van der Waals surface area (Å²) in [5.74, 6) is 1.55. The summed E-state index contributed by atoms with van der Waals surface area (Å²) in [6.07, 6.45) is 1.55. The Bertz CT molecular complexity index is 871. The number of amides is 2. The monoisotopic (exact) mass is 384 g/mol. The molecular formula is C20H20N2O4S. The smallest absolute Gasteiger partial charge is 0.237 e. The van der Waals surface area contributed by atoms with Crippen LogP contribution in [0.3, 0.4) is 0 Å². The first-order valence-electron chi connectivity index (χ1n) is 8.84. The number of fused-ring (bicyclic) bond motifs is 2. The van der Waals surface area contributed by atoms with Crippen LogP contribution in [0.5, 0.6) is 11.5 Å². The molecule has 1 atom stereocenters. The lowest BCUT2D eigenvalue weighted by Crippen LogP contribution is -2.29. The van der Waals surface area contributed by atoms with Crippen LogP contribution in [0.15, 0.2) is 42.5 Å². The molecule has 27 heavy (non-hydrogen) atoms. The lowest BCUT2D eigenvalue weighted by atomic mass is 10.1. The highest BCUT2D eigenvalue weighted by atomic mass is 32.2. The largest absolute Gasteiger partial charge is 0.454 e. The summed E-state index contributed by atoms with van der Waals surface area (Å²) in [5.41, 5.74) is 2.96. The van der Waals surface area contributed by atoms with E-state index in [9.17, 15) is 9.59 Å². The van der Waals surface area contributed by atoms with Crippen molar-refractivity contribution < 1.29 is 19.1 Å². The Balaban J connectivity index is 1.26. The first-order chi connectivity index (χ1) is 13.2. The molecule has 2 N–H and O–H groups in total. The molecule has 2 amide bonds. The van der Waals surface area contributed by atoms with E-state index in [1.165, 1.54) is 11.8 Å². The fourth-order valence-electron chi connectivity index (χ4n) is 3.13. The van der Waals surface area contributed by atoms with E-state index >= 15 is 0 Å². The summed E-state index contributed by atoms with van der Waals surface area (Å²) < 4.78 is 10.6. The summed E-state index contributed by atoms with van der Waals surface area (Å²) in [7, 11) is 0. The number of rotatable bonds is 5. The highest BCUT2D eigenvalue weighted by Gasteiger charge is 2.24. The van der Waals surface area contributed by atoms with Crippen molar-refractivity contribution in [1.29, 1.82) is 0 Å². The van der Waals surface area contributed by atoms with Crippen molar-refractivity contribution in [3.63, 3.8) is 0 Å². The molecule has 0 aliphatic carbocycles. The van der Waals surface area contributed by atoms with E-state index in [4.69, 9.17) is 9.47 Å². The number of carbonyl (C=O) groups is 2. The zero-order chi connectivity index (χ0) is 18.6. The minimum atomic E-state index is -0.228. The molecule has 2 aliphatic heterocycles. The summed E-state index contributed by atoms with van der Waals surface area (Å²) in [4.78, 5) is 24.6. The van der Waals surface area contributed by atoms with E-state index in [1.807, 2.05) is 42.5 Å².